The average molecular weight is 267 g/mol. The number of benzene rings is 1. The van der Waals surface area contributed by atoms with Gasteiger partial charge in [-0.05, 0) is 63.0 Å². The molecule has 0 spiro atoms. The van der Waals surface area contributed by atoms with Crippen molar-refractivity contribution < 1.29 is 0 Å². The molecule has 1 heterocycles. The van der Waals surface area contributed by atoms with Crippen LogP contribution in [0, 0.1) is 5.92 Å². The molecule has 3 aliphatic rings. The maximum absolute atomic E-state index is 2.76. The second-order valence-corrected chi connectivity index (χ2v) is 7.78. The number of rotatable bonds is 2. The summed E-state index contributed by atoms with van der Waals surface area (Å²) in [6, 6.07) is 10.5. The third kappa shape index (κ3) is 1.87. The van der Waals surface area contributed by atoms with Crippen LogP contribution >= 0.6 is 0 Å². The van der Waals surface area contributed by atoms with Crippen LogP contribution < -0.4 is 0 Å². The first kappa shape index (κ1) is 12.6. The van der Waals surface area contributed by atoms with Crippen molar-refractivity contribution in [3.8, 4) is 0 Å². The molecule has 20 heavy (non-hydrogen) atoms. The molecule has 0 amide bonds. The van der Waals surface area contributed by atoms with Crippen molar-refractivity contribution in [3.05, 3.63) is 47.5 Å². The fourth-order valence-electron chi connectivity index (χ4n) is 4.40. The van der Waals surface area contributed by atoms with Crippen LogP contribution in [-0.4, -0.2) is 16.5 Å². The maximum Gasteiger partial charge on any atom is 0.0425 e. The Balaban J connectivity index is 1.79. The highest BCUT2D eigenvalue weighted by atomic mass is 15.3. The van der Waals surface area contributed by atoms with Crippen LogP contribution in [-0.2, 0) is 0 Å². The standard InChI is InChI=1S/C19H25N/c1-19(2,3)20-15-11-10-14(12-15)18(20)17-7-5-4-6-16(17)13-8-9-13/h4-7,10-11,13-15,18H,8-9,12H2,1-3H3. The molecule has 3 atom stereocenters. The van der Waals surface area contributed by atoms with Crippen LogP contribution in [0.2, 0.25) is 0 Å². The molecule has 0 N–H and O–H groups in total. The molecule has 1 saturated carbocycles. The number of hydrogen-bond acceptors (Lipinski definition) is 1. The fraction of sp³-hybridized carbons (Fsp3) is 0.579. The summed E-state index contributed by atoms with van der Waals surface area (Å²) in [6.45, 7) is 7.11. The summed E-state index contributed by atoms with van der Waals surface area (Å²) in [6.07, 6.45) is 9.01. The zero-order valence-corrected chi connectivity index (χ0v) is 12.8. The highest BCUT2D eigenvalue weighted by molar-refractivity contribution is 5.39. The molecule has 1 heteroatoms. The first-order valence-electron chi connectivity index (χ1n) is 8.11. The van der Waals surface area contributed by atoms with E-state index in [-0.39, 0.29) is 5.54 Å². The van der Waals surface area contributed by atoms with Crippen LogP contribution in [0.25, 0.3) is 0 Å². The lowest BCUT2D eigenvalue weighted by atomic mass is 9.87. The Hall–Kier alpha value is -1.08. The Morgan fingerprint density at radius 1 is 1.00 bits per heavy atom. The highest BCUT2D eigenvalue weighted by Gasteiger charge is 2.48. The first-order chi connectivity index (χ1) is 9.55. The second-order valence-electron chi connectivity index (χ2n) is 7.78. The Bertz CT molecular complexity index is 547. The molecule has 1 aromatic rings. The summed E-state index contributed by atoms with van der Waals surface area (Å²) in [5, 5.41) is 0. The van der Waals surface area contributed by atoms with Gasteiger partial charge in [-0.3, -0.25) is 4.90 Å². The van der Waals surface area contributed by atoms with Gasteiger partial charge in [-0.15, -0.1) is 0 Å². The van der Waals surface area contributed by atoms with E-state index in [0.717, 1.165) is 11.8 Å². The molecule has 2 fully saturated rings. The Morgan fingerprint density at radius 2 is 1.70 bits per heavy atom. The van der Waals surface area contributed by atoms with Gasteiger partial charge in [0.15, 0.2) is 0 Å². The minimum Gasteiger partial charge on any atom is -0.284 e. The summed E-state index contributed by atoms with van der Waals surface area (Å²) >= 11 is 0. The van der Waals surface area contributed by atoms with E-state index >= 15 is 0 Å². The quantitative estimate of drug-likeness (QED) is 0.704. The molecule has 2 bridgehead atoms. The summed E-state index contributed by atoms with van der Waals surface area (Å²) in [7, 11) is 0. The largest absolute Gasteiger partial charge is 0.284 e. The number of likely N-dealkylation sites (tertiary alicyclic amines) is 1. The van der Waals surface area contributed by atoms with Crippen LogP contribution in [0.1, 0.15) is 63.1 Å². The number of nitrogens with zero attached hydrogens (tertiary/aromatic N) is 1. The Kier molecular flexibility index (Phi) is 2.66. The third-order valence-corrected chi connectivity index (χ3v) is 5.26. The van der Waals surface area contributed by atoms with Crippen molar-refractivity contribution in [2.45, 2.75) is 63.6 Å². The van der Waals surface area contributed by atoms with Crippen molar-refractivity contribution in [2.24, 2.45) is 5.92 Å². The van der Waals surface area contributed by atoms with E-state index in [1.807, 2.05) is 0 Å². The molecule has 0 radical (unpaired) electrons. The molecule has 1 saturated heterocycles. The van der Waals surface area contributed by atoms with Gasteiger partial charge in [0.05, 0.1) is 0 Å². The lowest BCUT2D eigenvalue weighted by Gasteiger charge is -2.43. The fourth-order valence-corrected chi connectivity index (χ4v) is 4.40. The molecule has 2 aliphatic carbocycles. The van der Waals surface area contributed by atoms with Crippen molar-refractivity contribution in [2.75, 3.05) is 0 Å². The zero-order chi connectivity index (χ0) is 13.9. The monoisotopic (exact) mass is 267 g/mol. The van der Waals surface area contributed by atoms with Crippen molar-refractivity contribution in [1.82, 2.24) is 4.90 Å². The second kappa shape index (κ2) is 4.21. The third-order valence-electron chi connectivity index (χ3n) is 5.26. The molecule has 1 aromatic carbocycles. The van der Waals surface area contributed by atoms with E-state index in [1.165, 1.54) is 19.3 Å². The molecule has 3 unspecified atom stereocenters. The SMILES string of the molecule is CC(C)(C)N1C2C=CC(C2)C1c1ccccc1C1CC1. The Morgan fingerprint density at radius 3 is 2.35 bits per heavy atom. The molecule has 1 aliphatic heterocycles. The number of fused-ring (bicyclic) bond motifs is 2. The van der Waals surface area contributed by atoms with Gasteiger partial charge >= 0.3 is 0 Å². The minimum atomic E-state index is 0.242. The van der Waals surface area contributed by atoms with Gasteiger partial charge in [-0.2, -0.15) is 0 Å². The van der Waals surface area contributed by atoms with E-state index in [9.17, 15) is 0 Å². The van der Waals surface area contributed by atoms with Gasteiger partial charge in [0, 0.05) is 17.6 Å². The molecule has 0 aromatic heterocycles. The summed E-state index contributed by atoms with van der Waals surface area (Å²) in [4.78, 5) is 2.76. The maximum atomic E-state index is 2.76. The predicted octanol–water partition coefficient (Wildman–Crippen LogP) is 4.66. The van der Waals surface area contributed by atoms with Crippen molar-refractivity contribution in [1.29, 1.82) is 0 Å². The summed E-state index contributed by atoms with van der Waals surface area (Å²) in [5.41, 5.74) is 3.49. The van der Waals surface area contributed by atoms with E-state index in [2.05, 4.69) is 62.1 Å². The topological polar surface area (TPSA) is 3.24 Å². The van der Waals surface area contributed by atoms with E-state index in [1.54, 1.807) is 11.1 Å². The van der Waals surface area contributed by atoms with Gasteiger partial charge in [-0.25, -0.2) is 0 Å². The normalized spacial score (nSPS) is 33.0. The molecule has 1 nitrogen and oxygen atoms in total. The minimum absolute atomic E-state index is 0.242. The van der Waals surface area contributed by atoms with Crippen LogP contribution in [0.15, 0.2) is 36.4 Å². The summed E-state index contributed by atoms with van der Waals surface area (Å²) < 4.78 is 0. The predicted molar refractivity (Wildman–Crippen MR) is 83.8 cm³/mol. The molecular formula is C19H25N. The number of hydrogen-bond donors (Lipinski definition) is 0. The van der Waals surface area contributed by atoms with Crippen LogP contribution in [0.4, 0.5) is 0 Å². The zero-order valence-electron chi connectivity index (χ0n) is 12.8. The van der Waals surface area contributed by atoms with E-state index in [4.69, 9.17) is 0 Å². The van der Waals surface area contributed by atoms with Gasteiger partial charge < -0.3 is 0 Å². The lowest BCUT2D eigenvalue weighted by Crippen LogP contribution is -2.46. The van der Waals surface area contributed by atoms with Gasteiger partial charge in [0.25, 0.3) is 0 Å². The summed E-state index contributed by atoms with van der Waals surface area (Å²) in [5.74, 6) is 1.57. The van der Waals surface area contributed by atoms with E-state index in [0.29, 0.717) is 12.1 Å². The van der Waals surface area contributed by atoms with Crippen LogP contribution in [0.3, 0.4) is 0 Å². The van der Waals surface area contributed by atoms with Crippen molar-refractivity contribution in [3.63, 3.8) is 0 Å². The molecule has 4 rings (SSSR count). The van der Waals surface area contributed by atoms with Crippen LogP contribution in [0.5, 0.6) is 0 Å². The van der Waals surface area contributed by atoms with Gasteiger partial charge in [-0.1, -0.05) is 36.4 Å². The Labute approximate surface area is 122 Å². The highest BCUT2D eigenvalue weighted by Crippen LogP contribution is 2.53. The van der Waals surface area contributed by atoms with Gasteiger partial charge in [0.1, 0.15) is 0 Å². The van der Waals surface area contributed by atoms with Gasteiger partial charge in [0.2, 0.25) is 0 Å². The first-order valence-corrected chi connectivity index (χ1v) is 8.11. The molecule has 106 valence electrons. The van der Waals surface area contributed by atoms with E-state index < -0.39 is 0 Å². The average Bonchev–Trinajstić information content (AvgIpc) is 3.05. The van der Waals surface area contributed by atoms with Crippen molar-refractivity contribution >= 4 is 0 Å². The molecular weight excluding hydrogens is 242 g/mol. The smallest absolute Gasteiger partial charge is 0.0425 e. The lowest BCUT2D eigenvalue weighted by molar-refractivity contribution is 0.0818.